The van der Waals surface area contributed by atoms with E-state index in [9.17, 15) is 4.79 Å². The van der Waals surface area contributed by atoms with Gasteiger partial charge >= 0.3 is 0 Å². The van der Waals surface area contributed by atoms with Gasteiger partial charge in [-0.2, -0.15) is 0 Å². The first-order chi connectivity index (χ1) is 19.0. The van der Waals surface area contributed by atoms with Gasteiger partial charge in [0.15, 0.2) is 10.7 Å². The number of rotatable bonds is 5. The number of furan rings is 1. The van der Waals surface area contributed by atoms with Gasteiger partial charge in [-0.1, -0.05) is 48.0 Å². The van der Waals surface area contributed by atoms with Gasteiger partial charge in [-0.3, -0.25) is 10.1 Å². The van der Waals surface area contributed by atoms with E-state index in [1.165, 1.54) is 6.08 Å². The largest absolute Gasteiger partial charge is 0.457 e. The van der Waals surface area contributed by atoms with Crippen molar-refractivity contribution in [3.8, 4) is 22.8 Å². The van der Waals surface area contributed by atoms with Crippen LogP contribution in [-0.2, 0) is 4.79 Å². The summed E-state index contributed by atoms with van der Waals surface area (Å²) in [4.78, 5) is 17.2. The lowest BCUT2D eigenvalue weighted by Gasteiger charge is -2.08. The standard InChI is InChI=1S/C31H20ClN3O3S/c32-22-11-8-20(9-12-22)26-16-13-24(37-26)14-17-28(36)34-31(39)33-23-6-3-5-21(18-23)30-35-29-25-7-2-1-4-19(25)10-15-27(29)38-30/h1-18H,(H2,33,34,36,39). The molecule has 39 heavy (non-hydrogen) atoms. The fourth-order valence-corrected chi connectivity index (χ4v) is 4.54. The molecule has 0 unspecified atom stereocenters. The number of nitrogens with zero attached hydrogens (tertiary/aromatic N) is 1. The molecule has 6 rings (SSSR count). The molecule has 6 nitrogen and oxygen atoms in total. The molecule has 0 atom stereocenters. The van der Waals surface area contributed by atoms with E-state index in [1.54, 1.807) is 24.3 Å². The third-order valence-corrected chi connectivity index (χ3v) is 6.50. The predicted octanol–water partition coefficient (Wildman–Crippen LogP) is 8.09. The average Bonchev–Trinajstić information content (AvgIpc) is 3.60. The summed E-state index contributed by atoms with van der Waals surface area (Å²) >= 11 is 11.3. The van der Waals surface area contributed by atoms with Crippen LogP contribution in [0.3, 0.4) is 0 Å². The number of nitrogens with one attached hydrogen (secondary N) is 2. The molecule has 0 aliphatic carbocycles. The molecule has 2 heterocycles. The Morgan fingerprint density at radius 2 is 1.72 bits per heavy atom. The van der Waals surface area contributed by atoms with Crippen molar-refractivity contribution in [3.63, 3.8) is 0 Å². The maximum atomic E-state index is 12.4. The summed E-state index contributed by atoms with van der Waals surface area (Å²) in [5.41, 5.74) is 3.89. The van der Waals surface area contributed by atoms with E-state index in [0.29, 0.717) is 33.7 Å². The third-order valence-electron chi connectivity index (χ3n) is 6.04. The number of halogens is 1. The number of oxazole rings is 1. The highest BCUT2D eigenvalue weighted by Gasteiger charge is 2.12. The van der Waals surface area contributed by atoms with Gasteiger partial charge in [0.1, 0.15) is 17.0 Å². The van der Waals surface area contributed by atoms with E-state index in [0.717, 1.165) is 27.4 Å². The van der Waals surface area contributed by atoms with Crippen LogP contribution in [-0.4, -0.2) is 16.0 Å². The van der Waals surface area contributed by atoms with Gasteiger partial charge in [-0.25, -0.2) is 4.98 Å². The van der Waals surface area contributed by atoms with Crippen molar-refractivity contribution in [2.24, 2.45) is 0 Å². The molecule has 0 radical (unpaired) electrons. The van der Waals surface area contributed by atoms with Crippen LogP contribution >= 0.6 is 23.8 Å². The Kier molecular flexibility index (Phi) is 6.67. The normalized spacial score (nSPS) is 11.3. The summed E-state index contributed by atoms with van der Waals surface area (Å²) in [6, 6.07) is 30.4. The van der Waals surface area contributed by atoms with Crippen molar-refractivity contribution in [2.45, 2.75) is 0 Å². The maximum absolute atomic E-state index is 12.4. The Bertz CT molecular complexity index is 1870. The smallest absolute Gasteiger partial charge is 0.250 e. The Hall–Kier alpha value is -4.72. The van der Waals surface area contributed by atoms with Gasteiger partial charge < -0.3 is 14.2 Å². The summed E-state index contributed by atoms with van der Waals surface area (Å²) in [5.74, 6) is 1.32. The number of fused-ring (bicyclic) bond motifs is 3. The zero-order valence-electron chi connectivity index (χ0n) is 20.4. The lowest BCUT2D eigenvalue weighted by Crippen LogP contribution is -2.32. The lowest BCUT2D eigenvalue weighted by atomic mass is 10.1. The topological polar surface area (TPSA) is 80.3 Å². The Morgan fingerprint density at radius 3 is 2.59 bits per heavy atom. The number of amides is 1. The SMILES string of the molecule is O=C(C=Cc1ccc(-c2ccc(Cl)cc2)o1)NC(=S)Nc1cccc(-c2nc3c(ccc4ccccc43)o2)c1. The van der Waals surface area contributed by atoms with Crippen molar-refractivity contribution in [3.05, 3.63) is 114 Å². The summed E-state index contributed by atoms with van der Waals surface area (Å²) in [6.07, 6.45) is 2.94. The van der Waals surface area contributed by atoms with Crippen LogP contribution in [0.2, 0.25) is 5.02 Å². The maximum Gasteiger partial charge on any atom is 0.250 e. The first-order valence-electron chi connectivity index (χ1n) is 12.1. The first-order valence-corrected chi connectivity index (χ1v) is 12.8. The second-order valence-corrected chi connectivity index (χ2v) is 9.56. The molecule has 190 valence electrons. The van der Waals surface area contributed by atoms with Crippen molar-refractivity contribution in [1.29, 1.82) is 0 Å². The zero-order chi connectivity index (χ0) is 26.8. The number of aromatic nitrogens is 1. The highest BCUT2D eigenvalue weighted by molar-refractivity contribution is 7.80. The van der Waals surface area contributed by atoms with Gasteiger partial charge in [0, 0.05) is 33.3 Å². The minimum atomic E-state index is -0.390. The van der Waals surface area contributed by atoms with E-state index in [-0.39, 0.29) is 11.0 Å². The van der Waals surface area contributed by atoms with E-state index in [1.807, 2.05) is 78.9 Å². The summed E-state index contributed by atoms with van der Waals surface area (Å²) in [7, 11) is 0. The van der Waals surface area contributed by atoms with E-state index in [2.05, 4.69) is 10.6 Å². The molecule has 2 N–H and O–H groups in total. The summed E-state index contributed by atoms with van der Waals surface area (Å²) in [6.45, 7) is 0. The minimum Gasteiger partial charge on any atom is -0.457 e. The molecule has 0 aliphatic heterocycles. The van der Waals surface area contributed by atoms with Gasteiger partial charge in [-0.05, 0) is 84.3 Å². The molecular weight excluding hydrogens is 530 g/mol. The van der Waals surface area contributed by atoms with Crippen LogP contribution in [0.5, 0.6) is 0 Å². The molecule has 0 fully saturated rings. The lowest BCUT2D eigenvalue weighted by molar-refractivity contribution is -0.115. The highest BCUT2D eigenvalue weighted by atomic mass is 35.5. The first kappa shape index (κ1) is 24.6. The molecule has 1 amide bonds. The summed E-state index contributed by atoms with van der Waals surface area (Å²) in [5, 5.41) is 8.63. The van der Waals surface area contributed by atoms with Gasteiger partial charge in [0.05, 0.1) is 0 Å². The molecule has 8 heteroatoms. The highest BCUT2D eigenvalue weighted by Crippen LogP contribution is 2.30. The fourth-order valence-electron chi connectivity index (χ4n) is 4.20. The van der Waals surface area contributed by atoms with Crippen LogP contribution in [0.4, 0.5) is 5.69 Å². The molecular formula is C31H20ClN3O3S. The van der Waals surface area contributed by atoms with Crippen molar-refractivity contribution < 1.29 is 13.6 Å². The number of thiocarbonyl (C=S) groups is 1. The second kappa shape index (κ2) is 10.6. The molecule has 0 saturated carbocycles. The van der Waals surface area contributed by atoms with Gasteiger partial charge in [0.2, 0.25) is 11.8 Å². The van der Waals surface area contributed by atoms with Crippen LogP contribution in [0.15, 0.2) is 112 Å². The molecule has 0 bridgehead atoms. The van der Waals surface area contributed by atoms with Crippen LogP contribution in [0.25, 0.3) is 50.7 Å². The van der Waals surface area contributed by atoms with Crippen LogP contribution in [0, 0.1) is 0 Å². The fraction of sp³-hybridized carbons (Fsp3) is 0. The third kappa shape index (κ3) is 5.45. The molecule has 0 spiro atoms. The van der Waals surface area contributed by atoms with E-state index >= 15 is 0 Å². The van der Waals surface area contributed by atoms with Crippen molar-refractivity contribution in [2.75, 3.05) is 5.32 Å². The Labute approximate surface area is 233 Å². The van der Waals surface area contributed by atoms with Crippen molar-refractivity contribution in [1.82, 2.24) is 10.3 Å². The predicted molar refractivity (Wildman–Crippen MR) is 160 cm³/mol. The van der Waals surface area contributed by atoms with Gasteiger partial charge in [0.25, 0.3) is 0 Å². The molecule has 0 aliphatic rings. The Morgan fingerprint density at radius 1 is 0.872 bits per heavy atom. The number of hydrogen-bond acceptors (Lipinski definition) is 5. The zero-order valence-corrected chi connectivity index (χ0v) is 21.9. The number of hydrogen-bond donors (Lipinski definition) is 2. The van der Waals surface area contributed by atoms with Crippen molar-refractivity contribution >= 4 is 68.5 Å². The number of benzene rings is 4. The quantitative estimate of drug-likeness (QED) is 0.167. The number of anilines is 1. The van der Waals surface area contributed by atoms with Crippen LogP contribution < -0.4 is 10.6 Å². The monoisotopic (exact) mass is 549 g/mol. The second-order valence-electron chi connectivity index (χ2n) is 8.72. The molecule has 6 aromatic rings. The molecule has 0 saturated heterocycles. The molecule has 2 aromatic heterocycles. The Balaban J connectivity index is 1.11. The number of carbonyl (C=O) groups excluding carboxylic acids is 1. The van der Waals surface area contributed by atoms with E-state index in [4.69, 9.17) is 37.6 Å². The average molecular weight is 550 g/mol. The minimum absolute atomic E-state index is 0.159. The summed E-state index contributed by atoms with van der Waals surface area (Å²) < 4.78 is 11.8. The van der Waals surface area contributed by atoms with E-state index < -0.39 is 0 Å². The molecule has 4 aromatic carbocycles. The number of carbonyl (C=O) groups is 1. The van der Waals surface area contributed by atoms with Crippen LogP contribution in [0.1, 0.15) is 5.76 Å². The van der Waals surface area contributed by atoms with Gasteiger partial charge in [-0.15, -0.1) is 0 Å².